The van der Waals surface area contributed by atoms with E-state index in [0.717, 1.165) is 66.8 Å². The number of hydrogen-bond acceptors (Lipinski definition) is 2. The van der Waals surface area contributed by atoms with Gasteiger partial charge in [-0.05, 0) is 170 Å². The van der Waals surface area contributed by atoms with E-state index in [1.807, 2.05) is 12.1 Å². The Bertz CT molecular complexity index is 3810. The van der Waals surface area contributed by atoms with E-state index >= 15 is 0 Å². The van der Waals surface area contributed by atoms with Crippen LogP contribution in [0.1, 0.15) is 11.1 Å². The molecule has 0 heterocycles. The third-order valence-electron chi connectivity index (χ3n) is 14.1. The van der Waals surface area contributed by atoms with Gasteiger partial charge in [-0.25, -0.2) is 0 Å². The summed E-state index contributed by atoms with van der Waals surface area (Å²) >= 11 is 0. The Balaban J connectivity index is 0.826. The minimum atomic E-state index is 0.250. The van der Waals surface area contributed by atoms with E-state index in [0.29, 0.717) is 0 Å². The Morgan fingerprint density at radius 3 is 0.794 bits per heavy atom. The molecule has 1 aliphatic carbocycles. The molecule has 1 aliphatic rings. The summed E-state index contributed by atoms with van der Waals surface area (Å²) in [5, 5.41) is 28.2. The summed E-state index contributed by atoms with van der Waals surface area (Å²) < 4.78 is 0. The maximum atomic E-state index is 9.08. The second kappa shape index (κ2) is 15.9. The highest BCUT2D eigenvalue weighted by molar-refractivity contribution is 6.55. The van der Waals surface area contributed by atoms with Gasteiger partial charge in [0.15, 0.2) is 0 Å². The molecule has 0 spiro atoms. The van der Waals surface area contributed by atoms with Crippen LogP contribution in [0, 0.1) is 10.8 Å². The molecule has 0 aromatic heterocycles. The monoisotopic (exact) mass is 862 g/mol. The number of benzene rings is 12. The lowest BCUT2D eigenvalue weighted by Crippen LogP contribution is -2.21. The fourth-order valence-electron chi connectivity index (χ4n) is 10.5. The van der Waals surface area contributed by atoms with Gasteiger partial charge >= 0.3 is 0 Å². The van der Waals surface area contributed by atoms with Crippen molar-refractivity contribution < 1.29 is 0 Å². The molecule has 13 rings (SSSR count). The van der Waals surface area contributed by atoms with Crippen molar-refractivity contribution in [3.8, 4) is 77.9 Å². The minimum Gasteiger partial charge on any atom is -0.298 e. The number of fused-ring (bicyclic) bond motifs is 9. The van der Waals surface area contributed by atoms with Crippen LogP contribution < -0.4 is 0 Å². The molecule has 0 saturated carbocycles. The Morgan fingerprint density at radius 1 is 0.176 bits per heavy atom. The Hall–Kier alpha value is -8.98. The first-order valence-corrected chi connectivity index (χ1v) is 23.2. The molecule has 2 heteroatoms. The number of hydrogen-bond donors (Lipinski definition) is 2. The van der Waals surface area contributed by atoms with Crippen molar-refractivity contribution in [3.05, 3.63) is 254 Å². The lowest BCUT2D eigenvalue weighted by Gasteiger charge is -2.23. The van der Waals surface area contributed by atoms with Crippen LogP contribution in [-0.2, 0) is 0 Å². The SMILES string of the molecule is N=C1C(=N)c2ccc(-c3cccc(-c4cccc(-c5ccc6ccc7ccccc7c6c5)c4)c3)cc2-c2cc(-c3cccc(-c4cccc(-c5ccc6ccc7ccccc7c6c5)c4)c3)ccc21. The van der Waals surface area contributed by atoms with Gasteiger partial charge in [0.2, 0.25) is 0 Å². The molecule has 0 atom stereocenters. The predicted octanol–water partition coefficient (Wildman–Crippen LogP) is 17.7. The average molecular weight is 863 g/mol. The van der Waals surface area contributed by atoms with Crippen LogP contribution in [-0.4, -0.2) is 11.4 Å². The van der Waals surface area contributed by atoms with Gasteiger partial charge in [-0.2, -0.15) is 0 Å². The second-order valence-corrected chi connectivity index (χ2v) is 18.0. The van der Waals surface area contributed by atoms with Crippen molar-refractivity contribution in [3.63, 3.8) is 0 Å². The van der Waals surface area contributed by atoms with Gasteiger partial charge in [-0.1, -0.05) is 194 Å². The van der Waals surface area contributed by atoms with Crippen molar-refractivity contribution in [1.29, 1.82) is 10.8 Å². The topological polar surface area (TPSA) is 47.7 Å². The van der Waals surface area contributed by atoms with E-state index in [1.54, 1.807) is 0 Å². The summed E-state index contributed by atoms with van der Waals surface area (Å²) in [5.74, 6) is 0. The molecule has 0 amide bonds. The zero-order valence-electron chi connectivity index (χ0n) is 37.1. The number of nitrogens with one attached hydrogen (secondary N) is 2. The highest BCUT2D eigenvalue weighted by atomic mass is 14.6. The molecular weight excluding hydrogens is 821 g/mol. The lowest BCUT2D eigenvalue weighted by molar-refractivity contribution is 1.42. The van der Waals surface area contributed by atoms with Gasteiger partial charge in [0, 0.05) is 11.1 Å². The minimum absolute atomic E-state index is 0.250. The summed E-state index contributed by atoms with van der Waals surface area (Å²) in [6.45, 7) is 0. The first kappa shape index (κ1) is 39.4. The van der Waals surface area contributed by atoms with Crippen LogP contribution >= 0.6 is 0 Å². The molecule has 0 bridgehead atoms. The average Bonchev–Trinajstić information content (AvgIpc) is 3.42. The van der Waals surface area contributed by atoms with Crippen molar-refractivity contribution in [1.82, 2.24) is 0 Å². The van der Waals surface area contributed by atoms with Gasteiger partial charge in [0.05, 0.1) is 11.4 Å². The third kappa shape index (κ3) is 6.73. The molecular formula is C66H42N2. The predicted molar refractivity (Wildman–Crippen MR) is 288 cm³/mol. The Morgan fingerprint density at radius 2 is 0.441 bits per heavy atom. The van der Waals surface area contributed by atoms with Crippen LogP contribution in [0.2, 0.25) is 0 Å². The fourth-order valence-corrected chi connectivity index (χ4v) is 10.5. The summed E-state index contributed by atoms with van der Waals surface area (Å²) in [7, 11) is 0. The zero-order valence-corrected chi connectivity index (χ0v) is 37.1. The zero-order chi connectivity index (χ0) is 45.3. The van der Waals surface area contributed by atoms with E-state index in [9.17, 15) is 0 Å². The molecule has 0 fully saturated rings. The first-order chi connectivity index (χ1) is 33.5. The summed E-state index contributed by atoms with van der Waals surface area (Å²) in [6.07, 6.45) is 0. The Kier molecular flexibility index (Phi) is 9.19. The molecule has 0 aliphatic heterocycles. The van der Waals surface area contributed by atoms with Gasteiger partial charge in [0.1, 0.15) is 0 Å². The van der Waals surface area contributed by atoms with Crippen molar-refractivity contribution >= 4 is 54.5 Å². The molecule has 0 radical (unpaired) electrons. The standard InChI is InChI=1S/C66H42N2/c67-65-59-31-29-55(51-17-7-13-47(35-51)45-11-5-15-49(33-45)53-27-25-43-23-21-41-9-1-3-19-57(41)61(43)37-53)39-63(59)64-40-56(30-32-60(64)66(65)68)52-18-8-14-48(36-52)46-12-6-16-50(34-46)54-28-26-44-24-22-42-10-2-4-20-58(42)62(44)38-54/h1-40,67-68H. The quantitative estimate of drug-likeness (QED) is 0.157. The largest absolute Gasteiger partial charge is 0.298 e. The molecule has 316 valence electrons. The normalized spacial score (nSPS) is 12.2. The smallest absolute Gasteiger partial charge is 0.0874 e. The van der Waals surface area contributed by atoms with E-state index in [1.165, 1.54) is 65.3 Å². The molecule has 2 N–H and O–H groups in total. The van der Waals surface area contributed by atoms with Crippen LogP contribution in [0.4, 0.5) is 0 Å². The maximum Gasteiger partial charge on any atom is 0.0874 e. The highest BCUT2D eigenvalue weighted by Gasteiger charge is 2.26. The summed E-state index contributed by atoms with van der Waals surface area (Å²) in [4.78, 5) is 0. The molecule has 0 unspecified atom stereocenters. The molecule has 12 aromatic rings. The molecule has 0 saturated heterocycles. The van der Waals surface area contributed by atoms with E-state index < -0.39 is 0 Å². The van der Waals surface area contributed by atoms with Gasteiger partial charge in [0.25, 0.3) is 0 Å². The fraction of sp³-hybridized carbons (Fsp3) is 0. The van der Waals surface area contributed by atoms with E-state index in [4.69, 9.17) is 10.8 Å². The van der Waals surface area contributed by atoms with Gasteiger partial charge in [-0.3, -0.25) is 10.8 Å². The van der Waals surface area contributed by atoms with E-state index in [2.05, 4.69) is 231 Å². The van der Waals surface area contributed by atoms with Gasteiger partial charge in [-0.15, -0.1) is 0 Å². The van der Waals surface area contributed by atoms with Crippen LogP contribution in [0.15, 0.2) is 243 Å². The highest BCUT2D eigenvalue weighted by Crippen LogP contribution is 2.41. The second-order valence-electron chi connectivity index (χ2n) is 18.0. The lowest BCUT2D eigenvalue weighted by atomic mass is 9.80. The van der Waals surface area contributed by atoms with Crippen molar-refractivity contribution in [2.24, 2.45) is 0 Å². The maximum absolute atomic E-state index is 9.08. The first-order valence-electron chi connectivity index (χ1n) is 23.2. The van der Waals surface area contributed by atoms with Gasteiger partial charge < -0.3 is 0 Å². The van der Waals surface area contributed by atoms with E-state index in [-0.39, 0.29) is 11.4 Å². The molecule has 2 nitrogen and oxygen atoms in total. The van der Waals surface area contributed by atoms with Crippen molar-refractivity contribution in [2.75, 3.05) is 0 Å². The summed E-state index contributed by atoms with van der Waals surface area (Å²) in [6, 6.07) is 87.4. The third-order valence-corrected chi connectivity index (χ3v) is 14.1. The summed E-state index contributed by atoms with van der Waals surface area (Å²) in [5.41, 5.74) is 17.7. The van der Waals surface area contributed by atoms with Crippen LogP contribution in [0.3, 0.4) is 0 Å². The molecule has 68 heavy (non-hydrogen) atoms. The van der Waals surface area contributed by atoms with Crippen molar-refractivity contribution in [2.45, 2.75) is 0 Å². The Labute approximate surface area is 395 Å². The van der Waals surface area contributed by atoms with Crippen LogP contribution in [0.5, 0.6) is 0 Å². The molecule has 12 aromatic carbocycles. The van der Waals surface area contributed by atoms with Crippen LogP contribution in [0.25, 0.3) is 121 Å². The number of rotatable bonds is 6.